The van der Waals surface area contributed by atoms with Crippen LogP contribution in [0.4, 0.5) is 5.69 Å². The Bertz CT molecular complexity index is 1020. The van der Waals surface area contributed by atoms with Crippen molar-refractivity contribution >= 4 is 69.0 Å². The Morgan fingerprint density at radius 3 is 2.40 bits per heavy atom. The second kappa shape index (κ2) is 6.89. The molecular formula is C17H9Cl4NO3. The Balaban J connectivity index is 2.00. The molecule has 1 heterocycles. The van der Waals surface area contributed by atoms with Gasteiger partial charge in [-0.05, 0) is 24.3 Å². The van der Waals surface area contributed by atoms with Gasteiger partial charge in [-0.3, -0.25) is 4.79 Å². The number of anilines is 1. The van der Waals surface area contributed by atoms with Crippen molar-refractivity contribution in [1.82, 2.24) is 0 Å². The van der Waals surface area contributed by atoms with E-state index in [2.05, 4.69) is 5.32 Å². The van der Waals surface area contributed by atoms with Crippen LogP contribution in [0.1, 0.15) is 0 Å². The summed E-state index contributed by atoms with van der Waals surface area (Å²) < 4.78 is 3.21. The first-order valence-electron chi connectivity index (χ1n) is 6.97. The highest BCUT2D eigenvalue weighted by atomic mass is 35.6. The highest BCUT2D eigenvalue weighted by Crippen LogP contribution is 2.32. The SMILES string of the molecule is O=C(Nc1ccc(-c2cc3ccccc3oc2=O)c(Cl)c1)C(Cl)(Cl)Cl. The van der Waals surface area contributed by atoms with Gasteiger partial charge in [0.25, 0.3) is 9.70 Å². The zero-order valence-electron chi connectivity index (χ0n) is 12.4. The highest BCUT2D eigenvalue weighted by molar-refractivity contribution is 6.76. The van der Waals surface area contributed by atoms with Crippen molar-refractivity contribution in [2.75, 3.05) is 5.32 Å². The molecule has 0 aliphatic carbocycles. The van der Waals surface area contributed by atoms with Crippen LogP contribution in [0.25, 0.3) is 22.1 Å². The topological polar surface area (TPSA) is 59.3 Å². The van der Waals surface area contributed by atoms with E-state index in [1.54, 1.807) is 30.3 Å². The molecule has 0 spiro atoms. The van der Waals surface area contributed by atoms with Gasteiger partial charge in [0.15, 0.2) is 0 Å². The van der Waals surface area contributed by atoms with Gasteiger partial charge >= 0.3 is 5.63 Å². The van der Waals surface area contributed by atoms with Gasteiger partial charge in [0.1, 0.15) is 5.58 Å². The minimum atomic E-state index is -2.09. The number of benzene rings is 2. The highest BCUT2D eigenvalue weighted by Gasteiger charge is 2.30. The summed E-state index contributed by atoms with van der Waals surface area (Å²) in [6, 6.07) is 13.4. The Morgan fingerprint density at radius 2 is 1.72 bits per heavy atom. The number of halogens is 4. The van der Waals surface area contributed by atoms with Gasteiger partial charge in [0.2, 0.25) is 0 Å². The number of hydrogen-bond donors (Lipinski definition) is 1. The summed E-state index contributed by atoms with van der Waals surface area (Å²) in [5.74, 6) is -0.813. The van der Waals surface area contributed by atoms with Crippen LogP contribution in [0.5, 0.6) is 0 Å². The molecule has 3 rings (SSSR count). The van der Waals surface area contributed by atoms with Gasteiger partial charge in [0, 0.05) is 16.6 Å². The lowest BCUT2D eigenvalue weighted by Gasteiger charge is -2.12. The molecular weight excluding hydrogens is 408 g/mol. The average molecular weight is 417 g/mol. The van der Waals surface area contributed by atoms with Gasteiger partial charge < -0.3 is 9.73 Å². The fourth-order valence-corrected chi connectivity index (χ4v) is 2.69. The Morgan fingerprint density at radius 1 is 1.00 bits per heavy atom. The van der Waals surface area contributed by atoms with Crippen LogP contribution in [-0.2, 0) is 4.79 Å². The number of rotatable bonds is 2. The summed E-state index contributed by atoms with van der Waals surface area (Å²) in [4.78, 5) is 23.9. The third-order valence-corrected chi connectivity index (χ3v) is 4.24. The van der Waals surface area contributed by atoms with Crippen molar-refractivity contribution in [2.45, 2.75) is 3.79 Å². The maximum absolute atomic E-state index is 12.2. The van der Waals surface area contributed by atoms with Crippen LogP contribution < -0.4 is 10.9 Å². The van der Waals surface area contributed by atoms with Crippen molar-refractivity contribution < 1.29 is 9.21 Å². The minimum absolute atomic E-state index is 0.240. The second-order valence-electron chi connectivity index (χ2n) is 5.13. The van der Waals surface area contributed by atoms with Crippen LogP contribution in [0.15, 0.2) is 57.7 Å². The number of para-hydroxylation sites is 1. The largest absolute Gasteiger partial charge is 0.422 e. The summed E-state index contributed by atoms with van der Waals surface area (Å²) >= 11 is 22.8. The molecule has 0 fully saturated rings. The van der Waals surface area contributed by atoms with E-state index in [1.807, 2.05) is 12.1 Å². The number of nitrogens with one attached hydrogen (secondary N) is 1. The minimum Gasteiger partial charge on any atom is -0.422 e. The zero-order chi connectivity index (χ0) is 18.2. The van der Waals surface area contributed by atoms with Gasteiger partial charge in [-0.1, -0.05) is 70.7 Å². The van der Waals surface area contributed by atoms with E-state index in [0.717, 1.165) is 5.39 Å². The maximum atomic E-state index is 12.2. The molecule has 0 unspecified atom stereocenters. The maximum Gasteiger partial charge on any atom is 0.344 e. The summed E-state index contributed by atoms with van der Waals surface area (Å²) in [5, 5.41) is 3.43. The van der Waals surface area contributed by atoms with Crippen LogP contribution in [0, 0.1) is 0 Å². The van der Waals surface area contributed by atoms with E-state index >= 15 is 0 Å². The second-order valence-corrected chi connectivity index (χ2v) is 7.82. The molecule has 128 valence electrons. The number of carbonyl (C=O) groups excluding carboxylic acids is 1. The Labute approximate surface area is 162 Å². The van der Waals surface area contributed by atoms with Crippen molar-refractivity contribution in [2.24, 2.45) is 0 Å². The van der Waals surface area contributed by atoms with Crippen LogP contribution in [0.3, 0.4) is 0 Å². The van der Waals surface area contributed by atoms with Gasteiger partial charge in [0.05, 0.1) is 10.6 Å². The average Bonchev–Trinajstić information content (AvgIpc) is 2.54. The summed E-state index contributed by atoms with van der Waals surface area (Å²) in [6.07, 6.45) is 0. The molecule has 1 N–H and O–H groups in total. The lowest BCUT2D eigenvalue weighted by atomic mass is 10.1. The number of alkyl halides is 3. The number of hydrogen-bond acceptors (Lipinski definition) is 3. The third kappa shape index (κ3) is 3.93. The van der Waals surface area contributed by atoms with E-state index in [4.69, 9.17) is 50.8 Å². The van der Waals surface area contributed by atoms with Gasteiger partial charge in [-0.25, -0.2) is 4.79 Å². The molecule has 2 aromatic carbocycles. The first-order valence-corrected chi connectivity index (χ1v) is 8.48. The van der Waals surface area contributed by atoms with E-state index in [0.29, 0.717) is 22.4 Å². The predicted molar refractivity (Wildman–Crippen MR) is 102 cm³/mol. The van der Waals surface area contributed by atoms with Gasteiger partial charge in [-0.2, -0.15) is 0 Å². The van der Waals surface area contributed by atoms with Crippen LogP contribution in [-0.4, -0.2) is 9.70 Å². The van der Waals surface area contributed by atoms with Crippen LogP contribution >= 0.6 is 46.4 Å². The smallest absolute Gasteiger partial charge is 0.344 e. The van der Waals surface area contributed by atoms with Crippen LogP contribution in [0.2, 0.25) is 5.02 Å². The Hall–Kier alpha value is -1.72. The van der Waals surface area contributed by atoms with Crippen molar-refractivity contribution in [1.29, 1.82) is 0 Å². The molecule has 0 aliphatic heterocycles. The normalized spacial score (nSPS) is 11.5. The standard InChI is InChI=1S/C17H9Cl4NO3/c18-13-8-10(22-16(24)17(19,20)21)5-6-11(13)12-7-9-3-1-2-4-14(9)25-15(12)23/h1-8H,(H,22,24). The monoisotopic (exact) mass is 415 g/mol. The molecule has 0 bridgehead atoms. The molecule has 4 nitrogen and oxygen atoms in total. The number of carbonyl (C=O) groups is 1. The molecule has 0 saturated heterocycles. The molecule has 1 aromatic heterocycles. The van der Waals surface area contributed by atoms with E-state index < -0.39 is 15.3 Å². The molecule has 0 radical (unpaired) electrons. The molecule has 1 amide bonds. The van der Waals surface area contributed by atoms with Crippen molar-refractivity contribution in [3.63, 3.8) is 0 Å². The lowest BCUT2D eigenvalue weighted by Crippen LogP contribution is -2.26. The fourth-order valence-electron chi connectivity index (χ4n) is 2.26. The number of fused-ring (bicyclic) bond motifs is 1. The lowest BCUT2D eigenvalue weighted by molar-refractivity contribution is -0.115. The van der Waals surface area contributed by atoms with Crippen molar-refractivity contribution in [3.05, 3.63) is 64.0 Å². The van der Waals surface area contributed by atoms with E-state index in [1.165, 1.54) is 6.07 Å². The fraction of sp³-hybridized carbons (Fsp3) is 0.0588. The van der Waals surface area contributed by atoms with Crippen molar-refractivity contribution in [3.8, 4) is 11.1 Å². The quantitative estimate of drug-likeness (QED) is 0.448. The summed E-state index contributed by atoms with van der Waals surface area (Å²) in [6.45, 7) is 0. The zero-order valence-corrected chi connectivity index (χ0v) is 15.4. The summed E-state index contributed by atoms with van der Waals surface area (Å²) in [7, 11) is 0. The Kier molecular flexibility index (Phi) is 4.98. The van der Waals surface area contributed by atoms with Gasteiger partial charge in [-0.15, -0.1) is 0 Å². The molecule has 3 aromatic rings. The van der Waals surface area contributed by atoms with E-state index in [9.17, 15) is 9.59 Å². The number of amides is 1. The molecule has 0 saturated carbocycles. The molecule has 25 heavy (non-hydrogen) atoms. The van der Waals surface area contributed by atoms with E-state index in [-0.39, 0.29) is 5.02 Å². The molecule has 0 aliphatic rings. The first kappa shape index (κ1) is 18.1. The summed E-state index contributed by atoms with van der Waals surface area (Å²) in [5.41, 5.74) is 1.07. The first-order chi connectivity index (χ1) is 11.8. The predicted octanol–water partition coefficient (Wildman–Crippen LogP) is 5.42. The molecule has 0 atom stereocenters. The molecule has 8 heteroatoms. The third-order valence-electron chi connectivity index (χ3n) is 3.42.